The Morgan fingerprint density at radius 1 is 1.57 bits per heavy atom. The number of carbonyl (C=O) groups is 1. The third-order valence-corrected chi connectivity index (χ3v) is 4.01. The fourth-order valence-electron chi connectivity index (χ4n) is 1.17. The summed E-state index contributed by atoms with van der Waals surface area (Å²) in [6, 6.07) is 0. The number of aliphatic hydroxyl groups excluding tert-OH is 2. The van der Waals surface area contributed by atoms with Crippen LogP contribution in [0.5, 0.6) is 0 Å². The summed E-state index contributed by atoms with van der Waals surface area (Å²) in [4.78, 5) is 11.6. The predicted octanol–water partition coefficient (Wildman–Crippen LogP) is 0.830. The summed E-state index contributed by atoms with van der Waals surface area (Å²) in [5.41, 5.74) is 0. The minimum atomic E-state index is -1.23. The Bertz CT molecular complexity index is 211. The molecular weight excluding hydrogens is 200 g/mol. The number of Topliss-reactive ketones (excluding diaryl/α,β-unsaturated/α-hetero) is 1. The van der Waals surface area contributed by atoms with Crippen LogP contribution < -0.4 is 0 Å². The Labute approximate surface area is 88.9 Å². The van der Waals surface area contributed by atoms with Crippen molar-refractivity contribution in [3.63, 3.8) is 0 Å². The molecule has 0 bridgehead atoms. The number of aliphatic hydroxyl groups is 2. The van der Waals surface area contributed by atoms with Crippen molar-refractivity contribution in [3.8, 4) is 0 Å². The van der Waals surface area contributed by atoms with Gasteiger partial charge >= 0.3 is 0 Å². The SMILES string of the molecule is CC(C)(SCC1CC1)C(=O)C(O)CO. The first kappa shape index (κ1) is 12.0. The minimum Gasteiger partial charge on any atom is -0.393 e. The van der Waals surface area contributed by atoms with Gasteiger partial charge in [-0.25, -0.2) is 0 Å². The number of hydrogen-bond acceptors (Lipinski definition) is 4. The third-order valence-electron chi connectivity index (χ3n) is 2.45. The highest BCUT2D eigenvalue weighted by molar-refractivity contribution is 8.01. The van der Waals surface area contributed by atoms with E-state index in [0.29, 0.717) is 0 Å². The van der Waals surface area contributed by atoms with Crippen LogP contribution in [0.1, 0.15) is 26.7 Å². The van der Waals surface area contributed by atoms with Crippen LogP contribution in [0.25, 0.3) is 0 Å². The van der Waals surface area contributed by atoms with Gasteiger partial charge in [0.2, 0.25) is 0 Å². The molecule has 14 heavy (non-hydrogen) atoms. The molecule has 1 rings (SSSR count). The highest BCUT2D eigenvalue weighted by Gasteiger charge is 2.34. The molecular formula is C10H18O3S. The van der Waals surface area contributed by atoms with Gasteiger partial charge in [-0.1, -0.05) is 0 Å². The number of rotatable bonds is 6. The summed E-state index contributed by atoms with van der Waals surface area (Å²) in [5, 5.41) is 17.9. The van der Waals surface area contributed by atoms with Crippen LogP contribution in [-0.4, -0.2) is 39.2 Å². The first-order chi connectivity index (χ1) is 6.47. The Hall–Kier alpha value is -0.0600. The second kappa shape index (κ2) is 4.64. The van der Waals surface area contributed by atoms with Crippen molar-refractivity contribution in [3.05, 3.63) is 0 Å². The molecule has 0 spiro atoms. The Kier molecular flexibility index (Phi) is 3.98. The number of carbonyl (C=O) groups excluding carboxylic acids is 1. The minimum absolute atomic E-state index is 0.273. The summed E-state index contributed by atoms with van der Waals surface area (Å²) < 4.78 is -0.579. The molecule has 1 fully saturated rings. The van der Waals surface area contributed by atoms with Crippen LogP contribution >= 0.6 is 11.8 Å². The van der Waals surface area contributed by atoms with Crippen molar-refractivity contribution in [1.29, 1.82) is 0 Å². The first-order valence-corrected chi connectivity index (χ1v) is 5.93. The quantitative estimate of drug-likeness (QED) is 0.693. The molecule has 0 aromatic carbocycles. The number of thioether (sulfide) groups is 1. The van der Waals surface area contributed by atoms with Crippen molar-refractivity contribution < 1.29 is 15.0 Å². The van der Waals surface area contributed by atoms with Crippen molar-refractivity contribution in [2.75, 3.05) is 12.4 Å². The van der Waals surface area contributed by atoms with Crippen LogP contribution in [0.4, 0.5) is 0 Å². The molecule has 0 saturated heterocycles. The van der Waals surface area contributed by atoms with E-state index in [2.05, 4.69) is 0 Å². The fourth-order valence-corrected chi connectivity index (χ4v) is 2.43. The van der Waals surface area contributed by atoms with E-state index in [1.807, 2.05) is 0 Å². The zero-order chi connectivity index (χ0) is 10.8. The molecule has 1 aliphatic carbocycles. The van der Waals surface area contributed by atoms with Crippen LogP contribution in [-0.2, 0) is 4.79 Å². The lowest BCUT2D eigenvalue weighted by Crippen LogP contribution is -2.39. The fraction of sp³-hybridized carbons (Fsp3) is 0.900. The molecule has 0 aliphatic heterocycles. The van der Waals surface area contributed by atoms with Gasteiger partial charge in [-0.15, -0.1) is 11.8 Å². The average Bonchev–Trinajstić information content (AvgIpc) is 2.96. The maximum atomic E-state index is 11.6. The molecule has 0 radical (unpaired) electrons. The van der Waals surface area contributed by atoms with E-state index in [0.717, 1.165) is 11.7 Å². The highest BCUT2D eigenvalue weighted by Crippen LogP contribution is 2.37. The standard InChI is InChI=1S/C10H18O3S/c1-10(2,9(13)8(12)5-11)14-6-7-3-4-7/h7-8,11-12H,3-6H2,1-2H3. The molecule has 0 amide bonds. The van der Waals surface area contributed by atoms with Gasteiger partial charge in [-0.2, -0.15) is 0 Å². The van der Waals surface area contributed by atoms with E-state index >= 15 is 0 Å². The lowest BCUT2D eigenvalue weighted by Gasteiger charge is -2.24. The molecule has 0 heterocycles. The van der Waals surface area contributed by atoms with E-state index in [1.165, 1.54) is 12.8 Å². The van der Waals surface area contributed by atoms with Crippen molar-refractivity contribution in [1.82, 2.24) is 0 Å². The second-order valence-electron chi connectivity index (χ2n) is 4.33. The molecule has 4 heteroatoms. The zero-order valence-corrected chi connectivity index (χ0v) is 9.51. The van der Waals surface area contributed by atoms with E-state index in [1.54, 1.807) is 25.6 Å². The highest BCUT2D eigenvalue weighted by atomic mass is 32.2. The first-order valence-electron chi connectivity index (χ1n) is 4.94. The van der Waals surface area contributed by atoms with Crippen molar-refractivity contribution in [2.24, 2.45) is 5.92 Å². The molecule has 1 aliphatic rings. The van der Waals surface area contributed by atoms with E-state index < -0.39 is 17.5 Å². The summed E-state index contributed by atoms with van der Waals surface area (Å²) in [7, 11) is 0. The van der Waals surface area contributed by atoms with Crippen molar-refractivity contribution >= 4 is 17.5 Å². The van der Waals surface area contributed by atoms with E-state index in [4.69, 9.17) is 5.11 Å². The van der Waals surface area contributed by atoms with Gasteiger partial charge in [-0.3, -0.25) is 4.79 Å². The summed E-state index contributed by atoms with van der Waals surface area (Å²) in [6.45, 7) is 3.13. The zero-order valence-electron chi connectivity index (χ0n) is 8.69. The molecule has 0 aromatic heterocycles. The Balaban J connectivity index is 2.40. The van der Waals surface area contributed by atoms with Gasteiger partial charge in [0.25, 0.3) is 0 Å². The largest absolute Gasteiger partial charge is 0.393 e. The normalized spacial score (nSPS) is 19.4. The van der Waals surface area contributed by atoms with Gasteiger partial charge < -0.3 is 10.2 Å². The topological polar surface area (TPSA) is 57.5 Å². The smallest absolute Gasteiger partial charge is 0.179 e. The molecule has 0 aromatic rings. The van der Waals surface area contributed by atoms with Crippen LogP contribution in [0, 0.1) is 5.92 Å². The molecule has 3 nitrogen and oxygen atoms in total. The lowest BCUT2D eigenvalue weighted by molar-refractivity contribution is -0.130. The molecule has 1 saturated carbocycles. The lowest BCUT2D eigenvalue weighted by atomic mass is 10.0. The molecule has 1 atom stereocenters. The van der Waals surface area contributed by atoms with Gasteiger partial charge in [0.05, 0.1) is 11.4 Å². The maximum absolute atomic E-state index is 11.6. The summed E-state index contributed by atoms with van der Waals surface area (Å²) >= 11 is 1.58. The molecule has 1 unspecified atom stereocenters. The van der Waals surface area contributed by atoms with Gasteiger partial charge in [-0.05, 0) is 38.4 Å². The maximum Gasteiger partial charge on any atom is 0.179 e. The average molecular weight is 218 g/mol. The monoisotopic (exact) mass is 218 g/mol. The summed E-state index contributed by atoms with van der Waals surface area (Å²) in [6.07, 6.45) is 1.30. The van der Waals surface area contributed by atoms with E-state index in [-0.39, 0.29) is 5.78 Å². The van der Waals surface area contributed by atoms with Gasteiger partial charge in [0, 0.05) is 0 Å². The Morgan fingerprint density at radius 2 is 2.14 bits per heavy atom. The number of ketones is 1. The molecule has 82 valence electrons. The Morgan fingerprint density at radius 3 is 2.57 bits per heavy atom. The molecule has 2 N–H and O–H groups in total. The van der Waals surface area contributed by atoms with Gasteiger partial charge in [0.1, 0.15) is 6.10 Å². The second-order valence-corrected chi connectivity index (χ2v) is 5.97. The number of hydrogen-bond donors (Lipinski definition) is 2. The van der Waals surface area contributed by atoms with Gasteiger partial charge in [0.15, 0.2) is 5.78 Å². The summed E-state index contributed by atoms with van der Waals surface area (Å²) in [5.74, 6) is 1.47. The third kappa shape index (κ3) is 3.26. The van der Waals surface area contributed by atoms with Crippen LogP contribution in [0.15, 0.2) is 0 Å². The van der Waals surface area contributed by atoms with Crippen LogP contribution in [0.2, 0.25) is 0 Å². The predicted molar refractivity (Wildman–Crippen MR) is 57.4 cm³/mol. The van der Waals surface area contributed by atoms with Crippen LogP contribution in [0.3, 0.4) is 0 Å². The van der Waals surface area contributed by atoms with Crippen molar-refractivity contribution in [2.45, 2.75) is 37.5 Å². The van der Waals surface area contributed by atoms with E-state index in [9.17, 15) is 9.90 Å².